The summed E-state index contributed by atoms with van der Waals surface area (Å²) in [6.45, 7) is 5.07. The number of methoxy groups -OCH3 is 1. The zero-order chi connectivity index (χ0) is 14.5. The SMILES string of the molecule is COc1ccc(C)cc1C(C)NC(=O)CC1CCCN1.Cl. The lowest BCUT2D eigenvalue weighted by Crippen LogP contribution is -2.33. The average Bonchev–Trinajstić information content (AvgIpc) is 2.91. The molecule has 5 heteroatoms. The van der Waals surface area contributed by atoms with Gasteiger partial charge in [-0.05, 0) is 39.3 Å². The van der Waals surface area contributed by atoms with Gasteiger partial charge in [0.15, 0.2) is 0 Å². The van der Waals surface area contributed by atoms with Crippen LogP contribution in [0.2, 0.25) is 0 Å². The van der Waals surface area contributed by atoms with Gasteiger partial charge in [0.2, 0.25) is 5.91 Å². The quantitative estimate of drug-likeness (QED) is 0.879. The number of benzene rings is 1. The molecule has 2 N–H and O–H groups in total. The lowest BCUT2D eigenvalue weighted by atomic mass is 10.0. The van der Waals surface area contributed by atoms with Crippen molar-refractivity contribution in [1.82, 2.24) is 10.6 Å². The second-order valence-corrected chi connectivity index (χ2v) is 5.53. The van der Waals surface area contributed by atoms with Gasteiger partial charge in [0.05, 0.1) is 13.2 Å². The second kappa shape index (κ2) is 8.25. The molecule has 1 amide bonds. The minimum absolute atomic E-state index is 0. The highest BCUT2D eigenvalue weighted by atomic mass is 35.5. The van der Waals surface area contributed by atoms with E-state index in [1.807, 2.05) is 26.0 Å². The van der Waals surface area contributed by atoms with Crippen molar-refractivity contribution < 1.29 is 9.53 Å². The third-order valence-corrected chi connectivity index (χ3v) is 3.82. The molecule has 2 unspecified atom stereocenters. The smallest absolute Gasteiger partial charge is 0.222 e. The minimum atomic E-state index is -0.0428. The molecule has 1 aliphatic rings. The highest BCUT2D eigenvalue weighted by Gasteiger charge is 2.20. The van der Waals surface area contributed by atoms with Crippen LogP contribution in [0.3, 0.4) is 0 Å². The fourth-order valence-electron chi connectivity index (χ4n) is 2.73. The molecule has 1 aliphatic heterocycles. The minimum Gasteiger partial charge on any atom is -0.496 e. The maximum atomic E-state index is 12.1. The Morgan fingerprint density at radius 2 is 2.29 bits per heavy atom. The van der Waals surface area contributed by atoms with Gasteiger partial charge in [-0.1, -0.05) is 17.7 Å². The van der Waals surface area contributed by atoms with E-state index in [0.29, 0.717) is 12.5 Å². The van der Waals surface area contributed by atoms with Gasteiger partial charge < -0.3 is 15.4 Å². The Morgan fingerprint density at radius 3 is 2.90 bits per heavy atom. The summed E-state index contributed by atoms with van der Waals surface area (Å²) in [5.74, 6) is 0.919. The molecule has 21 heavy (non-hydrogen) atoms. The molecule has 1 fully saturated rings. The summed E-state index contributed by atoms with van der Waals surface area (Å²) >= 11 is 0. The number of carbonyl (C=O) groups excluding carboxylic acids is 1. The lowest BCUT2D eigenvalue weighted by molar-refractivity contribution is -0.122. The Bertz CT molecular complexity index is 473. The predicted molar refractivity (Wildman–Crippen MR) is 87.2 cm³/mol. The first kappa shape index (κ1) is 17.8. The Balaban J connectivity index is 0.00000220. The number of hydrogen-bond donors (Lipinski definition) is 2. The van der Waals surface area contributed by atoms with E-state index in [4.69, 9.17) is 4.74 Å². The Hall–Kier alpha value is -1.26. The molecule has 1 aromatic carbocycles. The van der Waals surface area contributed by atoms with Crippen molar-refractivity contribution in [2.75, 3.05) is 13.7 Å². The van der Waals surface area contributed by atoms with Gasteiger partial charge in [-0.25, -0.2) is 0 Å². The van der Waals surface area contributed by atoms with E-state index in [2.05, 4.69) is 16.7 Å². The highest BCUT2D eigenvalue weighted by molar-refractivity contribution is 5.85. The van der Waals surface area contributed by atoms with Crippen LogP contribution in [0.5, 0.6) is 5.75 Å². The van der Waals surface area contributed by atoms with Crippen LogP contribution in [-0.2, 0) is 4.79 Å². The number of halogens is 1. The standard InChI is InChI=1S/C16H24N2O2.ClH/c1-11-6-7-15(20-3)14(9-11)12(2)18-16(19)10-13-5-4-8-17-13;/h6-7,9,12-13,17H,4-5,8,10H2,1-3H3,(H,18,19);1H. The van der Waals surface area contributed by atoms with Crippen molar-refractivity contribution in [3.8, 4) is 5.75 Å². The second-order valence-electron chi connectivity index (χ2n) is 5.53. The number of amides is 1. The molecule has 118 valence electrons. The van der Waals surface area contributed by atoms with Gasteiger partial charge in [0.25, 0.3) is 0 Å². The monoisotopic (exact) mass is 312 g/mol. The van der Waals surface area contributed by atoms with Crippen LogP contribution in [0.1, 0.15) is 43.4 Å². The average molecular weight is 313 g/mol. The summed E-state index contributed by atoms with van der Waals surface area (Å²) < 4.78 is 5.37. The number of nitrogens with one attached hydrogen (secondary N) is 2. The number of rotatable bonds is 5. The fraction of sp³-hybridized carbons (Fsp3) is 0.562. The van der Waals surface area contributed by atoms with Gasteiger partial charge >= 0.3 is 0 Å². The number of aryl methyl sites for hydroxylation is 1. The zero-order valence-corrected chi connectivity index (χ0v) is 13.8. The van der Waals surface area contributed by atoms with Crippen molar-refractivity contribution in [3.05, 3.63) is 29.3 Å². The molecule has 4 nitrogen and oxygen atoms in total. The first-order chi connectivity index (χ1) is 9.60. The normalized spacial score (nSPS) is 18.7. The van der Waals surface area contributed by atoms with E-state index in [-0.39, 0.29) is 24.4 Å². The molecule has 0 saturated carbocycles. The summed E-state index contributed by atoms with van der Waals surface area (Å²) in [6, 6.07) is 6.32. The first-order valence-electron chi connectivity index (χ1n) is 7.27. The van der Waals surface area contributed by atoms with E-state index in [0.717, 1.165) is 24.3 Å². The first-order valence-corrected chi connectivity index (χ1v) is 7.27. The predicted octanol–water partition coefficient (Wildman–Crippen LogP) is 2.74. The molecule has 0 radical (unpaired) electrons. The Labute approximate surface area is 133 Å². The van der Waals surface area contributed by atoms with E-state index in [1.54, 1.807) is 7.11 Å². The Kier molecular flexibility index (Phi) is 6.99. The lowest BCUT2D eigenvalue weighted by Gasteiger charge is -2.19. The summed E-state index contributed by atoms with van der Waals surface area (Å²) in [6.07, 6.45) is 2.81. The van der Waals surface area contributed by atoms with Gasteiger partial charge in [-0.2, -0.15) is 0 Å². The number of carbonyl (C=O) groups is 1. The molecule has 0 spiro atoms. The van der Waals surface area contributed by atoms with E-state index in [9.17, 15) is 4.79 Å². The topological polar surface area (TPSA) is 50.4 Å². The van der Waals surface area contributed by atoms with E-state index in [1.165, 1.54) is 12.0 Å². The maximum Gasteiger partial charge on any atom is 0.222 e. The molecule has 0 aromatic heterocycles. The van der Waals surface area contributed by atoms with Crippen LogP contribution in [0, 0.1) is 6.92 Å². The summed E-state index contributed by atoms with van der Waals surface area (Å²) in [7, 11) is 1.66. The maximum absolute atomic E-state index is 12.1. The third-order valence-electron chi connectivity index (χ3n) is 3.82. The highest BCUT2D eigenvalue weighted by Crippen LogP contribution is 2.26. The number of hydrogen-bond acceptors (Lipinski definition) is 3. The molecule has 1 aromatic rings. The molecule has 0 aliphatic carbocycles. The van der Waals surface area contributed by atoms with Crippen LogP contribution in [-0.4, -0.2) is 25.6 Å². The fourth-order valence-corrected chi connectivity index (χ4v) is 2.73. The molecule has 2 rings (SSSR count). The number of ether oxygens (including phenoxy) is 1. The van der Waals surface area contributed by atoms with Gasteiger partial charge in [-0.3, -0.25) is 4.79 Å². The van der Waals surface area contributed by atoms with Crippen LogP contribution in [0.25, 0.3) is 0 Å². The molecule has 1 heterocycles. The zero-order valence-electron chi connectivity index (χ0n) is 12.9. The van der Waals surface area contributed by atoms with Crippen LogP contribution in [0.4, 0.5) is 0 Å². The molecule has 2 atom stereocenters. The molecular weight excluding hydrogens is 288 g/mol. The molecule has 1 saturated heterocycles. The largest absolute Gasteiger partial charge is 0.496 e. The van der Waals surface area contributed by atoms with Gasteiger partial charge in [0.1, 0.15) is 5.75 Å². The van der Waals surface area contributed by atoms with Crippen molar-refractivity contribution in [2.45, 2.75) is 45.2 Å². The van der Waals surface area contributed by atoms with Crippen molar-refractivity contribution in [1.29, 1.82) is 0 Å². The van der Waals surface area contributed by atoms with Crippen molar-refractivity contribution in [2.24, 2.45) is 0 Å². The molecular formula is C16H25ClN2O2. The van der Waals surface area contributed by atoms with Gasteiger partial charge in [-0.15, -0.1) is 12.4 Å². The van der Waals surface area contributed by atoms with E-state index < -0.39 is 0 Å². The van der Waals surface area contributed by atoms with Crippen LogP contribution in [0.15, 0.2) is 18.2 Å². The van der Waals surface area contributed by atoms with Gasteiger partial charge in [0, 0.05) is 18.0 Å². The summed E-state index contributed by atoms with van der Waals surface area (Å²) in [4.78, 5) is 12.1. The van der Waals surface area contributed by atoms with Crippen LogP contribution < -0.4 is 15.4 Å². The summed E-state index contributed by atoms with van der Waals surface area (Å²) in [5, 5.41) is 6.41. The van der Waals surface area contributed by atoms with Crippen LogP contribution >= 0.6 is 12.4 Å². The molecule has 0 bridgehead atoms. The Morgan fingerprint density at radius 1 is 1.52 bits per heavy atom. The van der Waals surface area contributed by atoms with E-state index >= 15 is 0 Å². The third kappa shape index (κ3) is 4.90. The van der Waals surface area contributed by atoms with Crippen molar-refractivity contribution >= 4 is 18.3 Å². The summed E-state index contributed by atoms with van der Waals surface area (Å²) in [5.41, 5.74) is 2.19. The van der Waals surface area contributed by atoms with Crippen molar-refractivity contribution in [3.63, 3.8) is 0 Å².